The highest BCUT2D eigenvalue weighted by atomic mass is 16.2. The lowest BCUT2D eigenvalue weighted by molar-refractivity contribution is -0.144. The first-order valence-corrected chi connectivity index (χ1v) is 8.11. The number of urea groups is 1. The van der Waals surface area contributed by atoms with Crippen LogP contribution >= 0.6 is 0 Å². The molecule has 2 aromatic rings. The van der Waals surface area contributed by atoms with E-state index in [0.717, 1.165) is 4.90 Å². The quantitative estimate of drug-likeness (QED) is 0.668. The van der Waals surface area contributed by atoms with Gasteiger partial charge in [-0.05, 0) is 17.7 Å². The lowest BCUT2D eigenvalue weighted by Gasteiger charge is -2.33. The van der Waals surface area contributed by atoms with Crippen LogP contribution < -0.4 is 10.2 Å². The largest absolute Gasteiger partial charge is 0.325 e. The lowest BCUT2D eigenvalue weighted by atomic mass is 10.1. The second-order valence-corrected chi connectivity index (χ2v) is 5.72. The third-order valence-corrected chi connectivity index (χ3v) is 4.11. The zero-order valence-corrected chi connectivity index (χ0v) is 13.9. The van der Waals surface area contributed by atoms with Crippen LogP contribution in [0.25, 0.3) is 0 Å². The van der Waals surface area contributed by atoms with Crippen LogP contribution in [-0.4, -0.2) is 42.1 Å². The van der Waals surface area contributed by atoms with Gasteiger partial charge in [0.25, 0.3) is 0 Å². The maximum absolute atomic E-state index is 12.4. The first kappa shape index (κ1) is 17.3. The number of carbonyl (C=O) groups is 4. The minimum absolute atomic E-state index is 0.0473. The maximum Gasteiger partial charge on any atom is 0.325 e. The van der Waals surface area contributed by atoms with Crippen LogP contribution in [0.2, 0.25) is 0 Å². The SMILES string of the molecule is O=CC(NC(=O)N1CCN(c2ccccc2)C(=O)C1=O)c1ccccc1. The molecule has 0 radical (unpaired) electrons. The predicted octanol–water partition coefficient (Wildman–Crippen LogP) is 1.51. The molecule has 1 atom stereocenters. The molecule has 1 aliphatic heterocycles. The first-order chi connectivity index (χ1) is 12.6. The summed E-state index contributed by atoms with van der Waals surface area (Å²) in [7, 11) is 0. The topological polar surface area (TPSA) is 86.8 Å². The molecule has 1 aliphatic rings. The number of amides is 4. The molecule has 7 nitrogen and oxygen atoms in total. The highest BCUT2D eigenvalue weighted by Gasteiger charge is 2.37. The van der Waals surface area contributed by atoms with Crippen LogP contribution in [0.5, 0.6) is 0 Å². The van der Waals surface area contributed by atoms with Crippen molar-refractivity contribution in [3.05, 3.63) is 66.2 Å². The molecule has 1 unspecified atom stereocenters. The van der Waals surface area contributed by atoms with Gasteiger partial charge < -0.3 is 15.0 Å². The lowest BCUT2D eigenvalue weighted by Crippen LogP contribution is -2.58. The minimum Gasteiger partial charge on any atom is -0.324 e. The summed E-state index contributed by atoms with van der Waals surface area (Å²) in [5.74, 6) is -1.70. The molecule has 0 aliphatic carbocycles. The summed E-state index contributed by atoms with van der Waals surface area (Å²) >= 11 is 0. The van der Waals surface area contributed by atoms with Crippen LogP contribution in [-0.2, 0) is 14.4 Å². The van der Waals surface area contributed by atoms with E-state index in [1.807, 2.05) is 6.07 Å². The van der Waals surface area contributed by atoms with Crippen molar-refractivity contribution >= 4 is 29.8 Å². The van der Waals surface area contributed by atoms with E-state index in [2.05, 4.69) is 5.32 Å². The Kier molecular flexibility index (Phi) is 5.07. The predicted molar refractivity (Wildman–Crippen MR) is 94.3 cm³/mol. The van der Waals surface area contributed by atoms with Gasteiger partial charge in [-0.3, -0.25) is 14.5 Å². The number of hydrogen-bond donors (Lipinski definition) is 1. The third kappa shape index (κ3) is 3.46. The highest BCUT2D eigenvalue weighted by molar-refractivity contribution is 6.43. The Morgan fingerprint density at radius 1 is 0.923 bits per heavy atom. The average Bonchev–Trinajstić information content (AvgIpc) is 2.69. The van der Waals surface area contributed by atoms with Gasteiger partial charge in [0, 0.05) is 18.8 Å². The Morgan fingerprint density at radius 3 is 2.15 bits per heavy atom. The number of nitrogens with one attached hydrogen (secondary N) is 1. The van der Waals surface area contributed by atoms with Crippen LogP contribution in [0, 0.1) is 0 Å². The normalized spacial score (nSPS) is 15.5. The van der Waals surface area contributed by atoms with Crippen molar-refractivity contribution in [2.24, 2.45) is 0 Å². The Hall–Kier alpha value is -3.48. The molecule has 4 amide bonds. The average molecular weight is 351 g/mol. The van der Waals surface area contributed by atoms with Gasteiger partial charge in [-0.25, -0.2) is 4.79 Å². The molecule has 2 aromatic carbocycles. The monoisotopic (exact) mass is 351 g/mol. The van der Waals surface area contributed by atoms with Gasteiger partial charge >= 0.3 is 17.8 Å². The zero-order valence-electron chi connectivity index (χ0n) is 13.9. The van der Waals surface area contributed by atoms with Crippen LogP contribution in [0.1, 0.15) is 11.6 Å². The van der Waals surface area contributed by atoms with Crippen molar-refractivity contribution in [3.63, 3.8) is 0 Å². The van der Waals surface area contributed by atoms with Crippen molar-refractivity contribution in [1.82, 2.24) is 10.2 Å². The summed E-state index contributed by atoms with van der Waals surface area (Å²) < 4.78 is 0. The fourth-order valence-corrected chi connectivity index (χ4v) is 2.75. The Bertz CT molecular complexity index is 823. The second-order valence-electron chi connectivity index (χ2n) is 5.72. The van der Waals surface area contributed by atoms with E-state index in [1.165, 1.54) is 4.90 Å². The third-order valence-electron chi connectivity index (χ3n) is 4.11. The first-order valence-electron chi connectivity index (χ1n) is 8.11. The van der Waals surface area contributed by atoms with Gasteiger partial charge in [-0.15, -0.1) is 0 Å². The standard InChI is InChI=1S/C19H17N3O4/c23-13-16(14-7-3-1-4-8-14)20-19(26)22-12-11-21(17(24)18(22)25)15-9-5-2-6-10-15/h1-10,13,16H,11-12H2,(H,20,26). The van der Waals surface area contributed by atoms with E-state index in [1.54, 1.807) is 54.6 Å². The number of nitrogens with zero attached hydrogens (tertiary/aromatic N) is 2. The molecule has 1 fully saturated rings. The van der Waals surface area contributed by atoms with E-state index in [9.17, 15) is 19.2 Å². The highest BCUT2D eigenvalue weighted by Crippen LogP contribution is 2.18. The fourth-order valence-electron chi connectivity index (χ4n) is 2.75. The van der Waals surface area contributed by atoms with Gasteiger partial charge in [0.15, 0.2) is 0 Å². The van der Waals surface area contributed by atoms with Crippen LogP contribution in [0.15, 0.2) is 60.7 Å². The summed E-state index contributed by atoms with van der Waals surface area (Å²) in [6, 6.07) is 15.8. The second kappa shape index (κ2) is 7.60. The molecule has 0 spiro atoms. The van der Waals surface area contributed by atoms with Gasteiger partial charge in [-0.1, -0.05) is 48.5 Å². The molecule has 3 rings (SSSR count). The van der Waals surface area contributed by atoms with Gasteiger partial charge in [0.1, 0.15) is 12.3 Å². The van der Waals surface area contributed by atoms with Gasteiger partial charge in [-0.2, -0.15) is 0 Å². The van der Waals surface area contributed by atoms with Crippen molar-refractivity contribution in [2.45, 2.75) is 6.04 Å². The van der Waals surface area contributed by atoms with E-state index in [0.29, 0.717) is 17.5 Å². The smallest absolute Gasteiger partial charge is 0.324 e. The molecular formula is C19H17N3O4. The number of carbonyl (C=O) groups excluding carboxylic acids is 4. The summed E-state index contributed by atoms with van der Waals surface area (Å²) in [5, 5.41) is 2.49. The fraction of sp³-hybridized carbons (Fsp3) is 0.158. The van der Waals surface area contributed by atoms with Gasteiger partial charge in [0.05, 0.1) is 0 Å². The Balaban J connectivity index is 1.70. The van der Waals surface area contributed by atoms with Crippen molar-refractivity contribution in [3.8, 4) is 0 Å². The van der Waals surface area contributed by atoms with E-state index >= 15 is 0 Å². The van der Waals surface area contributed by atoms with E-state index in [4.69, 9.17) is 0 Å². The van der Waals surface area contributed by atoms with E-state index in [-0.39, 0.29) is 13.1 Å². The molecule has 1 saturated heterocycles. The molecule has 1 heterocycles. The Morgan fingerprint density at radius 2 is 1.54 bits per heavy atom. The number of hydrogen-bond acceptors (Lipinski definition) is 4. The summed E-state index contributed by atoms with van der Waals surface area (Å²) in [4.78, 5) is 50.6. The molecule has 1 N–H and O–H groups in total. The van der Waals surface area contributed by atoms with Crippen molar-refractivity contribution in [1.29, 1.82) is 0 Å². The van der Waals surface area contributed by atoms with Crippen molar-refractivity contribution in [2.75, 3.05) is 18.0 Å². The summed E-state index contributed by atoms with van der Waals surface area (Å²) in [6.07, 6.45) is 0.583. The number of aldehydes is 1. The zero-order chi connectivity index (χ0) is 18.5. The van der Waals surface area contributed by atoms with Crippen molar-refractivity contribution < 1.29 is 19.2 Å². The number of imide groups is 1. The number of piperazine rings is 1. The van der Waals surface area contributed by atoms with Crippen LogP contribution in [0.3, 0.4) is 0 Å². The molecule has 132 valence electrons. The molecule has 26 heavy (non-hydrogen) atoms. The minimum atomic E-state index is -0.921. The Labute approximate surface area is 150 Å². The molecule has 7 heteroatoms. The van der Waals surface area contributed by atoms with Crippen LogP contribution in [0.4, 0.5) is 10.5 Å². The number of benzene rings is 2. The molecule has 0 aromatic heterocycles. The van der Waals surface area contributed by atoms with Gasteiger partial charge in [0.2, 0.25) is 0 Å². The number of para-hydroxylation sites is 1. The maximum atomic E-state index is 12.4. The van der Waals surface area contributed by atoms with E-state index < -0.39 is 23.9 Å². The number of rotatable bonds is 4. The molecule has 0 saturated carbocycles. The summed E-state index contributed by atoms with van der Waals surface area (Å²) in [5.41, 5.74) is 1.19. The molecular weight excluding hydrogens is 334 g/mol. The summed E-state index contributed by atoms with van der Waals surface area (Å²) in [6.45, 7) is 0.241. The number of anilines is 1. The molecule has 0 bridgehead atoms.